The van der Waals surface area contributed by atoms with Crippen molar-refractivity contribution in [1.82, 2.24) is 10.6 Å². The van der Waals surface area contributed by atoms with Crippen LogP contribution in [0.25, 0.3) is 0 Å². The minimum Gasteiger partial charge on any atom is -0.352 e. The molecule has 2 N–H and O–H groups in total. The van der Waals surface area contributed by atoms with Crippen LogP contribution in [0.1, 0.15) is 45.4 Å². The molecule has 2 unspecified atom stereocenters. The topological polar surface area (TPSA) is 41.1 Å². The molecule has 4 heteroatoms. The minimum absolute atomic E-state index is 0.0710. The number of amides is 1. The van der Waals surface area contributed by atoms with Crippen LogP contribution in [-0.2, 0) is 4.79 Å². The van der Waals surface area contributed by atoms with Crippen LogP contribution in [0.3, 0.4) is 0 Å². The van der Waals surface area contributed by atoms with E-state index in [4.69, 9.17) is 0 Å². The van der Waals surface area contributed by atoms with Gasteiger partial charge in [-0.1, -0.05) is 13.3 Å². The molecule has 1 aliphatic carbocycles. The van der Waals surface area contributed by atoms with Gasteiger partial charge in [0.25, 0.3) is 0 Å². The zero-order valence-electron chi connectivity index (χ0n) is 10.7. The first-order valence-corrected chi connectivity index (χ1v) is 8.00. The molecule has 0 bridgehead atoms. The molecule has 2 aliphatic rings. The van der Waals surface area contributed by atoms with E-state index in [0.717, 1.165) is 31.1 Å². The average Bonchev–Trinajstić information content (AvgIpc) is 2.78. The normalized spacial score (nSPS) is 33.6. The van der Waals surface area contributed by atoms with Crippen molar-refractivity contribution in [2.45, 2.75) is 62.8 Å². The third-order valence-electron chi connectivity index (χ3n) is 3.76. The molecule has 3 atom stereocenters. The number of nitrogens with one attached hydrogen (secondary N) is 2. The van der Waals surface area contributed by atoms with E-state index in [1.807, 2.05) is 11.8 Å². The van der Waals surface area contributed by atoms with Gasteiger partial charge >= 0.3 is 0 Å². The van der Waals surface area contributed by atoms with E-state index in [9.17, 15) is 4.79 Å². The summed E-state index contributed by atoms with van der Waals surface area (Å²) in [5.74, 6) is 1.42. The van der Waals surface area contributed by atoms with Gasteiger partial charge in [-0.05, 0) is 44.4 Å². The fourth-order valence-corrected chi connectivity index (χ4v) is 3.98. The van der Waals surface area contributed by atoms with Gasteiger partial charge < -0.3 is 10.6 Å². The zero-order chi connectivity index (χ0) is 12.1. The number of thioether (sulfide) groups is 1. The molecule has 0 aromatic heterocycles. The van der Waals surface area contributed by atoms with E-state index < -0.39 is 0 Å². The van der Waals surface area contributed by atoms with Crippen molar-refractivity contribution in [3.05, 3.63) is 0 Å². The highest BCUT2D eigenvalue weighted by molar-refractivity contribution is 7.99. The second kappa shape index (κ2) is 6.64. The predicted molar refractivity (Wildman–Crippen MR) is 73.3 cm³/mol. The van der Waals surface area contributed by atoms with Crippen LogP contribution in [0.5, 0.6) is 0 Å². The zero-order valence-corrected chi connectivity index (χ0v) is 11.5. The van der Waals surface area contributed by atoms with Gasteiger partial charge in [-0.3, -0.25) is 4.79 Å². The highest BCUT2D eigenvalue weighted by Crippen LogP contribution is 2.29. The number of piperidine rings is 1. The Bertz CT molecular complexity index is 254. The standard InChI is InChI=1S/C13H24N2OS/c1-2-17-11-7-6-10(9-11)15-13(16)12-5-3-4-8-14-12/h10-12,14H,2-9H2,1H3,(H,15,16)/t10?,11?,12-/m1/s1. The summed E-state index contributed by atoms with van der Waals surface area (Å²) in [6.07, 6.45) is 6.99. The van der Waals surface area contributed by atoms with Crippen LogP contribution < -0.4 is 10.6 Å². The largest absolute Gasteiger partial charge is 0.352 e. The number of carbonyl (C=O) groups is 1. The summed E-state index contributed by atoms with van der Waals surface area (Å²) < 4.78 is 0. The van der Waals surface area contributed by atoms with Gasteiger partial charge in [-0.2, -0.15) is 11.8 Å². The Balaban J connectivity index is 1.71. The SMILES string of the molecule is CCSC1CCC(NC(=O)[C@H]2CCCCN2)C1. The Morgan fingerprint density at radius 2 is 2.24 bits per heavy atom. The van der Waals surface area contributed by atoms with Crippen LogP contribution in [0.2, 0.25) is 0 Å². The third kappa shape index (κ3) is 3.88. The average molecular weight is 256 g/mol. The van der Waals surface area contributed by atoms with Crippen molar-refractivity contribution >= 4 is 17.7 Å². The molecule has 1 amide bonds. The summed E-state index contributed by atoms with van der Waals surface area (Å²) in [6.45, 7) is 3.21. The summed E-state index contributed by atoms with van der Waals surface area (Å²) in [7, 11) is 0. The maximum Gasteiger partial charge on any atom is 0.237 e. The summed E-state index contributed by atoms with van der Waals surface area (Å²) in [6, 6.07) is 0.497. The maximum absolute atomic E-state index is 12.0. The summed E-state index contributed by atoms with van der Waals surface area (Å²) in [4.78, 5) is 12.0. The van der Waals surface area contributed by atoms with Gasteiger partial charge in [-0.15, -0.1) is 0 Å². The summed E-state index contributed by atoms with van der Waals surface area (Å²) in [5, 5.41) is 7.30. The molecule has 1 aliphatic heterocycles. The smallest absolute Gasteiger partial charge is 0.237 e. The molecule has 0 aromatic rings. The van der Waals surface area contributed by atoms with E-state index in [1.54, 1.807) is 0 Å². The molecule has 1 saturated heterocycles. The van der Waals surface area contributed by atoms with Gasteiger partial charge in [-0.25, -0.2) is 0 Å². The number of carbonyl (C=O) groups excluding carboxylic acids is 1. The number of hydrogen-bond donors (Lipinski definition) is 2. The highest BCUT2D eigenvalue weighted by Gasteiger charge is 2.28. The highest BCUT2D eigenvalue weighted by atomic mass is 32.2. The van der Waals surface area contributed by atoms with Crippen LogP contribution in [-0.4, -0.2) is 35.5 Å². The Morgan fingerprint density at radius 3 is 2.94 bits per heavy atom. The first-order valence-electron chi connectivity index (χ1n) is 6.95. The second-order valence-corrected chi connectivity index (χ2v) is 6.68. The van der Waals surface area contributed by atoms with E-state index in [1.165, 1.54) is 25.0 Å². The molecule has 1 saturated carbocycles. The Kier molecular flexibility index (Phi) is 5.16. The van der Waals surface area contributed by atoms with E-state index >= 15 is 0 Å². The number of hydrogen-bond acceptors (Lipinski definition) is 3. The Morgan fingerprint density at radius 1 is 1.35 bits per heavy atom. The first kappa shape index (κ1) is 13.2. The fourth-order valence-electron chi connectivity index (χ4n) is 2.84. The third-order valence-corrected chi connectivity index (χ3v) is 4.99. The molecule has 0 spiro atoms. The Labute approximate surface area is 108 Å². The molecule has 1 heterocycles. The van der Waals surface area contributed by atoms with Crippen molar-refractivity contribution in [3.63, 3.8) is 0 Å². The lowest BCUT2D eigenvalue weighted by Gasteiger charge is -2.24. The molecule has 17 heavy (non-hydrogen) atoms. The molecular weight excluding hydrogens is 232 g/mol. The van der Waals surface area contributed by atoms with Crippen molar-refractivity contribution in [2.75, 3.05) is 12.3 Å². The van der Waals surface area contributed by atoms with Gasteiger partial charge in [0.05, 0.1) is 6.04 Å². The molecule has 2 rings (SSSR count). The van der Waals surface area contributed by atoms with E-state index in [0.29, 0.717) is 6.04 Å². The molecule has 98 valence electrons. The summed E-state index contributed by atoms with van der Waals surface area (Å²) >= 11 is 2.04. The van der Waals surface area contributed by atoms with Crippen LogP contribution in [0.4, 0.5) is 0 Å². The molecule has 2 fully saturated rings. The van der Waals surface area contributed by atoms with Crippen molar-refractivity contribution in [2.24, 2.45) is 0 Å². The monoisotopic (exact) mass is 256 g/mol. The van der Waals surface area contributed by atoms with Gasteiger partial charge in [0.1, 0.15) is 0 Å². The summed E-state index contributed by atoms with van der Waals surface area (Å²) in [5.41, 5.74) is 0. The van der Waals surface area contributed by atoms with Gasteiger partial charge in [0.2, 0.25) is 5.91 Å². The predicted octanol–water partition coefficient (Wildman–Crippen LogP) is 1.92. The lowest BCUT2D eigenvalue weighted by Crippen LogP contribution is -2.49. The molecular formula is C13H24N2OS. The Hall–Kier alpha value is -0.220. The first-order chi connectivity index (χ1) is 8.29. The molecule has 0 aromatic carbocycles. The van der Waals surface area contributed by atoms with E-state index in [2.05, 4.69) is 17.6 Å². The van der Waals surface area contributed by atoms with Crippen molar-refractivity contribution < 1.29 is 4.79 Å². The second-order valence-electron chi connectivity index (χ2n) is 5.10. The van der Waals surface area contributed by atoms with Crippen LogP contribution in [0.15, 0.2) is 0 Å². The van der Waals surface area contributed by atoms with Gasteiger partial charge in [0.15, 0.2) is 0 Å². The quantitative estimate of drug-likeness (QED) is 0.807. The van der Waals surface area contributed by atoms with Gasteiger partial charge in [0, 0.05) is 11.3 Å². The lowest BCUT2D eigenvalue weighted by molar-refractivity contribution is -0.124. The van der Waals surface area contributed by atoms with Crippen LogP contribution in [0, 0.1) is 0 Å². The van der Waals surface area contributed by atoms with Crippen molar-refractivity contribution in [3.8, 4) is 0 Å². The maximum atomic E-state index is 12.0. The number of rotatable bonds is 4. The molecule has 0 radical (unpaired) electrons. The fraction of sp³-hybridized carbons (Fsp3) is 0.923. The lowest BCUT2D eigenvalue weighted by atomic mass is 10.0. The minimum atomic E-state index is 0.0710. The van der Waals surface area contributed by atoms with Crippen molar-refractivity contribution in [1.29, 1.82) is 0 Å². The van der Waals surface area contributed by atoms with Crippen LogP contribution >= 0.6 is 11.8 Å². The van der Waals surface area contributed by atoms with E-state index in [-0.39, 0.29) is 11.9 Å². The molecule has 3 nitrogen and oxygen atoms in total.